The van der Waals surface area contributed by atoms with E-state index in [2.05, 4.69) is 87.2 Å². The Morgan fingerprint density at radius 1 is 0.700 bits per heavy atom. The van der Waals surface area contributed by atoms with Crippen LogP contribution in [0.4, 0.5) is 0 Å². The Kier molecular flexibility index (Phi) is 5.69. The van der Waals surface area contributed by atoms with Crippen molar-refractivity contribution in [1.29, 1.82) is 0 Å². The number of hydrogen-bond donors (Lipinski definition) is 0. The molecule has 0 radical (unpaired) electrons. The third kappa shape index (κ3) is 3.89. The quantitative estimate of drug-likeness (QED) is 0.239. The van der Waals surface area contributed by atoms with Gasteiger partial charge in [-0.1, -0.05) is 65.8 Å². The van der Waals surface area contributed by atoms with Gasteiger partial charge in [0.05, 0.1) is 15.9 Å². The van der Waals surface area contributed by atoms with Gasteiger partial charge >= 0.3 is 0 Å². The van der Waals surface area contributed by atoms with Crippen LogP contribution in [0.2, 0.25) is 0 Å². The van der Waals surface area contributed by atoms with Crippen molar-refractivity contribution >= 4 is 54.4 Å². The summed E-state index contributed by atoms with van der Waals surface area (Å²) in [6.07, 6.45) is 0. The molecule has 0 spiro atoms. The molecule has 0 fully saturated rings. The number of benzene rings is 1. The molecule has 0 saturated heterocycles. The Bertz CT molecular complexity index is 1190. The fraction of sp³-hybridized carbons (Fsp3) is 0.308. The highest BCUT2D eigenvalue weighted by molar-refractivity contribution is 7.21. The molecular weight excluding hydrogens is 422 g/mol. The lowest BCUT2D eigenvalue weighted by molar-refractivity contribution is 0.528. The van der Waals surface area contributed by atoms with Gasteiger partial charge in [0.15, 0.2) is 0 Å². The van der Waals surface area contributed by atoms with Crippen LogP contribution in [0, 0.1) is 0 Å². The second kappa shape index (κ2) is 7.99. The van der Waals surface area contributed by atoms with Crippen molar-refractivity contribution < 1.29 is 0 Å². The van der Waals surface area contributed by atoms with Crippen LogP contribution in [-0.2, 0) is 10.8 Å². The Balaban J connectivity index is 0.000000383. The van der Waals surface area contributed by atoms with Crippen LogP contribution < -0.4 is 0 Å². The fourth-order valence-electron chi connectivity index (χ4n) is 4.04. The molecule has 0 bridgehead atoms. The molecule has 0 saturated carbocycles. The largest absolute Gasteiger partial charge is 0.300 e. The first-order valence-corrected chi connectivity index (χ1v) is 13.0. The van der Waals surface area contributed by atoms with Crippen molar-refractivity contribution in [3.8, 4) is 5.69 Å². The zero-order valence-electron chi connectivity index (χ0n) is 18.5. The van der Waals surface area contributed by atoms with Gasteiger partial charge in [-0.2, -0.15) is 11.3 Å². The molecule has 30 heavy (non-hydrogen) atoms. The van der Waals surface area contributed by atoms with Crippen LogP contribution in [-0.4, -0.2) is 4.57 Å². The minimum absolute atomic E-state index is 0.0788. The number of rotatable bonds is 1. The van der Waals surface area contributed by atoms with E-state index in [-0.39, 0.29) is 10.8 Å². The number of hydrogen-bond acceptors (Lipinski definition) is 3. The normalized spacial score (nSPS) is 12.3. The smallest absolute Gasteiger partial charge is 0.109 e. The number of aromatic nitrogens is 1. The summed E-state index contributed by atoms with van der Waals surface area (Å²) < 4.78 is 3.89. The molecule has 1 aromatic carbocycles. The van der Waals surface area contributed by atoms with Gasteiger partial charge in [0.25, 0.3) is 0 Å². The third-order valence-electron chi connectivity index (χ3n) is 5.24. The molecule has 0 aliphatic heterocycles. The average molecular weight is 452 g/mol. The number of thiophene rings is 3. The maximum absolute atomic E-state index is 2.49. The zero-order chi connectivity index (χ0) is 21.5. The van der Waals surface area contributed by atoms with E-state index in [1.807, 2.05) is 45.6 Å². The van der Waals surface area contributed by atoms with Crippen molar-refractivity contribution in [3.05, 3.63) is 75.1 Å². The number of nitrogens with zero attached hydrogens (tertiary/aromatic N) is 1. The molecule has 0 amide bonds. The van der Waals surface area contributed by atoms with E-state index in [9.17, 15) is 0 Å². The molecule has 5 aromatic rings. The number of fused-ring (bicyclic) bond motifs is 3. The minimum Gasteiger partial charge on any atom is -0.300 e. The Hall–Kier alpha value is -1.88. The molecule has 0 aliphatic carbocycles. The van der Waals surface area contributed by atoms with Crippen LogP contribution in [0.1, 0.15) is 52.7 Å². The second-order valence-corrected chi connectivity index (χ2v) is 12.2. The molecule has 1 nitrogen and oxygen atoms in total. The van der Waals surface area contributed by atoms with E-state index in [0.717, 1.165) is 0 Å². The first-order chi connectivity index (χ1) is 14.2. The molecule has 4 heterocycles. The van der Waals surface area contributed by atoms with Crippen LogP contribution in [0.3, 0.4) is 0 Å². The van der Waals surface area contributed by atoms with E-state index in [4.69, 9.17) is 0 Å². The van der Waals surface area contributed by atoms with Gasteiger partial charge in [0.2, 0.25) is 0 Å². The lowest BCUT2D eigenvalue weighted by Crippen LogP contribution is -2.24. The predicted octanol–water partition coefficient (Wildman–Crippen LogP) is 9.25. The molecule has 156 valence electrons. The Morgan fingerprint density at radius 3 is 2.00 bits per heavy atom. The van der Waals surface area contributed by atoms with E-state index in [1.165, 1.54) is 37.2 Å². The highest BCUT2D eigenvalue weighted by Gasteiger charge is 2.29. The maximum Gasteiger partial charge on any atom is 0.109 e. The minimum atomic E-state index is 0.0788. The summed E-state index contributed by atoms with van der Waals surface area (Å²) in [5, 5.41) is 9.89. The Morgan fingerprint density at radius 2 is 1.40 bits per heavy atom. The fourth-order valence-corrected chi connectivity index (χ4v) is 6.40. The van der Waals surface area contributed by atoms with Gasteiger partial charge in [0, 0.05) is 5.39 Å². The van der Waals surface area contributed by atoms with Crippen molar-refractivity contribution in [1.82, 2.24) is 4.57 Å². The van der Waals surface area contributed by atoms with Crippen molar-refractivity contribution in [3.63, 3.8) is 0 Å². The van der Waals surface area contributed by atoms with E-state index >= 15 is 0 Å². The van der Waals surface area contributed by atoms with E-state index in [0.29, 0.717) is 0 Å². The monoisotopic (exact) mass is 451 g/mol. The first kappa shape index (κ1) is 21.4. The summed E-state index contributed by atoms with van der Waals surface area (Å²) in [4.78, 5) is 1.36. The Labute approximate surface area is 191 Å². The van der Waals surface area contributed by atoms with Crippen molar-refractivity contribution in [2.24, 2.45) is 0 Å². The van der Waals surface area contributed by atoms with Crippen LogP contribution in [0.25, 0.3) is 26.1 Å². The van der Waals surface area contributed by atoms with Crippen LogP contribution >= 0.6 is 34.0 Å². The first-order valence-electron chi connectivity index (χ1n) is 10.3. The summed E-state index contributed by atoms with van der Waals surface area (Å²) >= 11 is 5.40. The topological polar surface area (TPSA) is 4.93 Å². The van der Waals surface area contributed by atoms with Gasteiger partial charge in [0.1, 0.15) is 4.83 Å². The maximum atomic E-state index is 2.49. The molecule has 0 N–H and O–H groups in total. The summed E-state index contributed by atoms with van der Waals surface area (Å²) in [7, 11) is 0. The summed E-state index contributed by atoms with van der Waals surface area (Å²) in [6, 6.07) is 15.4. The van der Waals surface area contributed by atoms with Gasteiger partial charge < -0.3 is 0 Å². The van der Waals surface area contributed by atoms with Crippen molar-refractivity contribution in [2.75, 3.05) is 0 Å². The molecule has 5 rings (SSSR count). The molecule has 0 aliphatic rings. The molecule has 0 atom stereocenters. The van der Waals surface area contributed by atoms with Crippen molar-refractivity contribution in [2.45, 2.75) is 52.4 Å². The van der Waals surface area contributed by atoms with Crippen LogP contribution in [0.5, 0.6) is 0 Å². The summed E-state index contributed by atoms with van der Waals surface area (Å²) in [5.41, 5.74) is 5.77. The summed E-state index contributed by atoms with van der Waals surface area (Å²) in [6.45, 7) is 14.0. The highest BCUT2D eigenvalue weighted by Crippen LogP contribution is 2.43. The zero-order valence-corrected chi connectivity index (χ0v) is 21.0. The third-order valence-corrected chi connectivity index (χ3v) is 7.71. The lowest BCUT2D eigenvalue weighted by atomic mass is 9.74. The van der Waals surface area contributed by atoms with Gasteiger partial charge in [-0.25, -0.2) is 0 Å². The SMILES string of the molecule is CC(C)(C)c1cccc(-n2c3ccsc3c3ccsc32)c1C(C)(C)C.c1ccsc1. The van der Waals surface area contributed by atoms with Gasteiger partial charge in [-0.3, -0.25) is 4.57 Å². The van der Waals surface area contributed by atoms with Gasteiger partial charge in [-0.15, -0.1) is 22.7 Å². The predicted molar refractivity (Wildman–Crippen MR) is 138 cm³/mol. The molecule has 4 heteroatoms. The highest BCUT2D eigenvalue weighted by atomic mass is 32.1. The van der Waals surface area contributed by atoms with E-state index in [1.54, 1.807) is 11.3 Å². The molecular formula is C26H29NS3. The van der Waals surface area contributed by atoms with Crippen LogP contribution in [0.15, 0.2) is 64.0 Å². The second-order valence-electron chi connectivity index (χ2n) is 9.60. The average Bonchev–Trinajstić information content (AvgIpc) is 3.43. The van der Waals surface area contributed by atoms with E-state index < -0.39 is 0 Å². The lowest BCUT2D eigenvalue weighted by Gasteiger charge is -2.32. The van der Waals surface area contributed by atoms with Gasteiger partial charge in [-0.05, 0) is 61.7 Å². The molecule has 0 unspecified atom stereocenters. The summed E-state index contributed by atoms with van der Waals surface area (Å²) in [5.74, 6) is 0. The standard InChI is InChI=1S/C22H25NS2.C4H4S/c1-21(2,3)15-8-7-9-16(18(15)22(4,5)6)23-17-11-13-24-19(17)14-10-12-25-20(14)23;1-2-4-5-3-1/h7-13H,1-6H3;1-4H. The molecule has 4 aromatic heterocycles.